The lowest BCUT2D eigenvalue weighted by Crippen LogP contribution is -2.37. The quantitative estimate of drug-likeness (QED) is 0.686. The predicted octanol–water partition coefficient (Wildman–Crippen LogP) is 2.19. The van der Waals surface area contributed by atoms with E-state index in [1.165, 1.54) is 0 Å². The van der Waals surface area contributed by atoms with Crippen LogP contribution in [-0.4, -0.2) is 48.7 Å². The molecule has 1 fully saturated rings. The van der Waals surface area contributed by atoms with Crippen molar-refractivity contribution < 1.29 is 9.53 Å². The molecule has 0 spiro atoms. The summed E-state index contributed by atoms with van der Waals surface area (Å²) in [6.45, 7) is 3.51. The van der Waals surface area contributed by atoms with Crippen molar-refractivity contribution in [3.8, 4) is 0 Å². The highest BCUT2D eigenvalue weighted by Crippen LogP contribution is 2.23. The van der Waals surface area contributed by atoms with Crippen LogP contribution < -0.4 is 15.5 Å². The minimum Gasteiger partial charge on any atom is -0.378 e. The molecule has 0 saturated carbocycles. The minimum atomic E-state index is -0.0838. The third kappa shape index (κ3) is 4.37. The van der Waals surface area contributed by atoms with Gasteiger partial charge in [-0.05, 0) is 17.7 Å². The third-order valence-electron chi connectivity index (χ3n) is 4.63. The molecule has 0 atom stereocenters. The average Bonchev–Trinajstić information content (AvgIpc) is 2.77. The largest absolute Gasteiger partial charge is 0.378 e. The molecular formula is C21H23N5O2. The maximum Gasteiger partial charge on any atom is 0.239 e. The number of nitrogens with zero attached hydrogens (tertiary/aromatic N) is 3. The van der Waals surface area contributed by atoms with E-state index in [-0.39, 0.29) is 12.5 Å². The topological polar surface area (TPSA) is 79.4 Å². The molecule has 1 amide bonds. The molecule has 1 aliphatic rings. The SMILES string of the molecule is O=C(CNc1nc(N2CCOCC2)nc2ccccc12)NCc1ccccc1. The third-order valence-corrected chi connectivity index (χ3v) is 4.63. The van der Waals surface area contributed by atoms with Gasteiger partial charge in [-0.25, -0.2) is 4.98 Å². The van der Waals surface area contributed by atoms with Crippen molar-refractivity contribution in [3.63, 3.8) is 0 Å². The molecule has 7 nitrogen and oxygen atoms in total. The van der Waals surface area contributed by atoms with Gasteiger partial charge in [0.05, 0.1) is 25.3 Å². The summed E-state index contributed by atoms with van der Waals surface area (Å²) in [5, 5.41) is 7.00. The fraction of sp³-hybridized carbons (Fsp3) is 0.286. The highest BCUT2D eigenvalue weighted by Gasteiger charge is 2.16. The van der Waals surface area contributed by atoms with E-state index < -0.39 is 0 Å². The first kappa shape index (κ1) is 18.2. The summed E-state index contributed by atoms with van der Waals surface area (Å²) >= 11 is 0. The Morgan fingerprint density at radius 3 is 2.57 bits per heavy atom. The Labute approximate surface area is 163 Å². The van der Waals surface area contributed by atoms with Gasteiger partial charge in [0, 0.05) is 25.0 Å². The van der Waals surface area contributed by atoms with Crippen LogP contribution in [0.15, 0.2) is 54.6 Å². The standard InChI is InChI=1S/C21H23N5O2/c27-19(22-14-16-6-2-1-3-7-16)15-23-20-17-8-4-5-9-18(17)24-21(25-20)26-10-12-28-13-11-26/h1-9H,10-15H2,(H,22,27)(H,23,24,25). The lowest BCUT2D eigenvalue weighted by atomic mass is 10.2. The van der Waals surface area contributed by atoms with E-state index in [1.54, 1.807) is 0 Å². The first-order valence-corrected chi connectivity index (χ1v) is 9.43. The molecule has 2 N–H and O–H groups in total. The number of amides is 1. The number of ether oxygens (including phenoxy) is 1. The molecule has 144 valence electrons. The Kier molecular flexibility index (Phi) is 5.63. The molecule has 1 saturated heterocycles. The molecule has 0 radical (unpaired) electrons. The summed E-state index contributed by atoms with van der Waals surface area (Å²) in [6.07, 6.45) is 0. The zero-order valence-electron chi connectivity index (χ0n) is 15.6. The van der Waals surface area contributed by atoms with E-state index in [2.05, 4.69) is 25.5 Å². The molecule has 4 rings (SSSR count). The van der Waals surface area contributed by atoms with Gasteiger partial charge >= 0.3 is 0 Å². The van der Waals surface area contributed by atoms with Crippen LogP contribution in [0.25, 0.3) is 10.9 Å². The monoisotopic (exact) mass is 377 g/mol. The lowest BCUT2D eigenvalue weighted by molar-refractivity contribution is -0.119. The van der Waals surface area contributed by atoms with Crippen LogP contribution >= 0.6 is 0 Å². The molecule has 2 aromatic carbocycles. The molecule has 3 aromatic rings. The van der Waals surface area contributed by atoms with Crippen LogP contribution in [0.2, 0.25) is 0 Å². The number of carbonyl (C=O) groups excluding carboxylic acids is 1. The summed E-state index contributed by atoms with van der Waals surface area (Å²) in [7, 11) is 0. The maximum absolute atomic E-state index is 12.3. The van der Waals surface area contributed by atoms with Crippen molar-refractivity contribution in [3.05, 3.63) is 60.2 Å². The number of fused-ring (bicyclic) bond motifs is 1. The molecule has 2 heterocycles. The number of nitrogens with one attached hydrogen (secondary N) is 2. The van der Waals surface area contributed by atoms with E-state index in [0.29, 0.717) is 31.5 Å². The minimum absolute atomic E-state index is 0.0838. The van der Waals surface area contributed by atoms with E-state index in [4.69, 9.17) is 4.74 Å². The van der Waals surface area contributed by atoms with Gasteiger partial charge in [-0.3, -0.25) is 4.79 Å². The zero-order chi connectivity index (χ0) is 19.2. The highest BCUT2D eigenvalue weighted by molar-refractivity contribution is 5.91. The number of hydrogen-bond acceptors (Lipinski definition) is 6. The molecule has 7 heteroatoms. The predicted molar refractivity (Wildman–Crippen MR) is 109 cm³/mol. The van der Waals surface area contributed by atoms with Crippen molar-refractivity contribution in [2.75, 3.05) is 43.1 Å². The summed E-state index contributed by atoms with van der Waals surface area (Å²) in [4.78, 5) is 23.7. The van der Waals surface area contributed by atoms with Crippen LogP contribution in [0.1, 0.15) is 5.56 Å². The highest BCUT2D eigenvalue weighted by atomic mass is 16.5. The average molecular weight is 377 g/mol. The zero-order valence-corrected chi connectivity index (χ0v) is 15.6. The van der Waals surface area contributed by atoms with Crippen LogP contribution in [0, 0.1) is 0 Å². The van der Waals surface area contributed by atoms with Crippen LogP contribution in [0.5, 0.6) is 0 Å². The lowest BCUT2D eigenvalue weighted by Gasteiger charge is -2.27. The molecule has 0 unspecified atom stereocenters. The van der Waals surface area contributed by atoms with Crippen molar-refractivity contribution in [1.29, 1.82) is 0 Å². The van der Waals surface area contributed by atoms with E-state index in [1.807, 2.05) is 54.6 Å². The Hall–Kier alpha value is -3.19. The molecular weight excluding hydrogens is 354 g/mol. The fourth-order valence-corrected chi connectivity index (χ4v) is 3.13. The second-order valence-electron chi connectivity index (χ2n) is 6.60. The Morgan fingerprint density at radius 1 is 1.00 bits per heavy atom. The van der Waals surface area contributed by atoms with E-state index >= 15 is 0 Å². The number of para-hydroxylation sites is 1. The molecule has 1 aromatic heterocycles. The van der Waals surface area contributed by atoms with Gasteiger partial charge in [0.25, 0.3) is 0 Å². The van der Waals surface area contributed by atoms with Crippen molar-refractivity contribution >= 4 is 28.6 Å². The number of hydrogen-bond donors (Lipinski definition) is 2. The smallest absolute Gasteiger partial charge is 0.239 e. The fourth-order valence-electron chi connectivity index (χ4n) is 3.13. The summed E-state index contributed by atoms with van der Waals surface area (Å²) in [6, 6.07) is 17.7. The maximum atomic E-state index is 12.3. The van der Waals surface area contributed by atoms with Crippen molar-refractivity contribution in [2.45, 2.75) is 6.54 Å². The molecule has 0 bridgehead atoms. The number of morpholine rings is 1. The van der Waals surface area contributed by atoms with E-state index in [9.17, 15) is 4.79 Å². The summed E-state index contributed by atoms with van der Waals surface area (Å²) < 4.78 is 5.42. The number of benzene rings is 2. The van der Waals surface area contributed by atoms with Gasteiger partial charge in [-0.1, -0.05) is 42.5 Å². The number of rotatable bonds is 6. The Bertz CT molecular complexity index is 942. The first-order chi connectivity index (χ1) is 13.8. The molecule has 0 aliphatic carbocycles. The van der Waals surface area contributed by atoms with Crippen molar-refractivity contribution in [2.24, 2.45) is 0 Å². The normalized spacial score (nSPS) is 14.1. The Morgan fingerprint density at radius 2 is 1.75 bits per heavy atom. The van der Waals surface area contributed by atoms with Gasteiger partial charge in [-0.2, -0.15) is 4.98 Å². The first-order valence-electron chi connectivity index (χ1n) is 9.43. The number of aromatic nitrogens is 2. The number of anilines is 2. The second-order valence-corrected chi connectivity index (χ2v) is 6.60. The molecule has 28 heavy (non-hydrogen) atoms. The van der Waals surface area contributed by atoms with Gasteiger partial charge < -0.3 is 20.3 Å². The second kappa shape index (κ2) is 8.67. The summed E-state index contributed by atoms with van der Waals surface area (Å²) in [5.41, 5.74) is 1.92. The van der Waals surface area contributed by atoms with Gasteiger partial charge in [0.2, 0.25) is 11.9 Å². The van der Waals surface area contributed by atoms with Crippen LogP contribution in [0.3, 0.4) is 0 Å². The van der Waals surface area contributed by atoms with Gasteiger partial charge in [0.15, 0.2) is 0 Å². The number of carbonyl (C=O) groups is 1. The molecule has 1 aliphatic heterocycles. The summed E-state index contributed by atoms with van der Waals surface area (Å²) in [5.74, 6) is 1.25. The van der Waals surface area contributed by atoms with Gasteiger partial charge in [0.1, 0.15) is 5.82 Å². The van der Waals surface area contributed by atoms with E-state index in [0.717, 1.165) is 29.6 Å². The van der Waals surface area contributed by atoms with Crippen LogP contribution in [0.4, 0.5) is 11.8 Å². The Balaban J connectivity index is 1.46. The van der Waals surface area contributed by atoms with Gasteiger partial charge in [-0.15, -0.1) is 0 Å². The van der Waals surface area contributed by atoms with Crippen LogP contribution in [-0.2, 0) is 16.1 Å². The van der Waals surface area contributed by atoms with Crippen molar-refractivity contribution in [1.82, 2.24) is 15.3 Å².